The van der Waals surface area contributed by atoms with E-state index in [-0.39, 0.29) is 0 Å². The van der Waals surface area contributed by atoms with Gasteiger partial charge in [-0.25, -0.2) is 0 Å². The molecule has 0 aliphatic heterocycles. The van der Waals surface area contributed by atoms with E-state index in [0.717, 1.165) is 11.1 Å². The Morgan fingerprint density at radius 2 is 1.55 bits per heavy atom. The first-order valence-electron chi connectivity index (χ1n) is 7.67. The van der Waals surface area contributed by atoms with Crippen molar-refractivity contribution in [1.29, 1.82) is 0 Å². The van der Waals surface area contributed by atoms with E-state index in [0.29, 0.717) is 12.8 Å². The maximum absolute atomic E-state index is 10.9. The first-order valence-corrected chi connectivity index (χ1v) is 7.67. The van der Waals surface area contributed by atoms with Crippen LogP contribution in [0.2, 0.25) is 0 Å². The van der Waals surface area contributed by atoms with Crippen molar-refractivity contribution in [2.75, 3.05) is 0 Å². The molecule has 0 amide bonds. The van der Waals surface area contributed by atoms with Crippen molar-refractivity contribution in [3.63, 3.8) is 0 Å². The van der Waals surface area contributed by atoms with Crippen LogP contribution in [-0.2, 0) is 5.41 Å². The van der Waals surface area contributed by atoms with E-state index in [2.05, 4.69) is 56.5 Å². The molecule has 114 valence electrons. The van der Waals surface area contributed by atoms with Gasteiger partial charge in [0.2, 0.25) is 0 Å². The zero-order valence-electron chi connectivity index (χ0n) is 13.2. The molecule has 0 saturated carbocycles. The molecule has 2 aromatic carbocycles. The predicted octanol–water partition coefficient (Wildman–Crippen LogP) is 4.79. The fraction of sp³-hybridized carbons (Fsp3) is 0.238. The molecule has 0 aliphatic rings. The minimum Gasteiger partial charge on any atom is -0.392 e. The largest absolute Gasteiger partial charge is 0.392 e. The zero-order chi connectivity index (χ0) is 16.0. The topological polar surface area (TPSA) is 20.2 Å². The monoisotopic (exact) mass is 292 g/mol. The van der Waals surface area contributed by atoms with Gasteiger partial charge in [-0.1, -0.05) is 72.3 Å². The van der Waals surface area contributed by atoms with Crippen LogP contribution in [0.15, 0.2) is 79.9 Å². The van der Waals surface area contributed by atoms with Gasteiger partial charge in [0.05, 0.1) is 6.10 Å². The van der Waals surface area contributed by atoms with Crippen LogP contribution in [0.1, 0.15) is 29.5 Å². The van der Waals surface area contributed by atoms with Crippen molar-refractivity contribution in [2.45, 2.75) is 31.3 Å². The van der Waals surface area contributed by atoms with Gasteiger partial charge in [-0.05, 0) is 30.9 Å². The summed E-state index contributed by atoms with van der Waals surface area (Å²) in [7, 11) is 0. The quantitative estimate of drug-likeness (QED) is 0.727. The average Bonchev–Trinajstić information content (AvgIpc) is 2.54. The highest BCUT2D eigenvalue weighted by Gasteiger charge is 2.39. The van der Waals surface area contributed by atoms with Crippen LogP contribution in [0.25, 0.3) is 0 Å². The summed E-state index contributed by atoms with van der Waals surface area (Å²) in [5, 5.41) is 10.9. The number of rotatable bonds is 7. The molecule has 0 bridgehead atoms. The lowest BCUT2D eigenvalue weighted by atomic mass is 9.67. The van der Waals surface area contributed by atoms with Crippen molar-refractivity contribution in [3.8, 4) is 0 Å². The van der Waals surface area contributed by atoms with Crippen LogP contribution in [-0.4, -0.2) is 11.2 Å². The number of benzene rings is 2. The second-order valence-corrected chi connectivity index (χ2v) is 5.74. The summed E-state index contributed by atoms with van der Waals surface area (Å²) >= 11 is 0. The number of aliphatic hydroxyl groups is 1. The van der Waals surface area contributed by atoms with Crippen LogP contribution >= 0.6 is 0 Å². The molecule has 0 aliphatic carbocycles. The molecule has 1 N–H and O–H groups in total. The Labute approximate surface area is 133 Å². The van der Waals surface area contributed by atoms with Crippen LogP contribution in [0.3, 0.4) is 0 Å². The molecule has 22 heavy (non-hydrogen) atoms. The summed E-state index contributed by atoms with van der Waals surface area (Å²) in [5.74, 6) is 0. The Balaban J connectivity index is 2.66. The van der Waals surface area contributed by atoms with E-state index in [1.807, 2.05) is 24.3 Å². The Morgan fingerprint density at radius 3 is 2.09 bits per heavy atom. The van der Waals surface area contributed by atoms with Gasteiger partial charge >= 0.3 is 0 Å². The maximum atomic E-state index is 10.9. The van der Waals surface area contributed by atoms with Gasteiger partial charge in [-0.3, -0.25) is 0 Å². The van der Waals surface area contributed by atoms with Gasteiger partial charge in [-0.15, -0.1) is 13.2 Å². The fourth-order valence-corrected chi connectivity index (χ4v) is 3.10. The molecule has 2 atom stereocenters. The summed E-state index contributed by atoms with van der Waals surface area (Å²) in [6.07, 6.45) is 4.33. The number of aliphatic hydroxyl groups excluding tert-OH is 1. The van der Waals surface area contributed by atoms with E-state index in [9.17, 15) is 5.11 Å². The standard InChI is InChI=1S/C21H24O/c1-4-9-20(22)21(16-5-2,18-10-7-6-8-11-18)19-14-12-17(3)13-15-19/h4-8,10-15,20,22H,1-2,9,16H2,3H3. The highest BCUT2D eigenvalue weighted by molar-refractivity contribution is 5.43. The third kappa shape index (κ3) is 3.05. The van der Waals surface area contributed by atoms with Gasteiger partial charge in [0.15, 0.2) is 0 Å². The minimum atomic E-state index is -0.548. The van der Waals surface area contributed by atoms with Gasteiger partial charge < -0.3 is 5.11 Å². The van der Waals surface area contributed by atoms with E-state index in [1.165, 1.54) is 5.56 Å². The van der Waals surface area contributed by atoms with Crippen molar-refractivity contribution in [1.82, 2.24) is 0 Å². The van der Waals surface area contributed by atoms with Crippen LogP contribution in [0.4, 0.5) is 0 Å². The molecule has 2 unspecified atom stereocenters. The number of allylic oxidation sites excluding steroid dienone is 1. The predicted molar refractivity (Wildman–Crippen MR) is 94.0 cm³/mol. The molecule has 0 fully saturated rings. The molecule has 0 saturated heterocycles. The molecule has 2 rings (SSSR count). The van der Waals surface area contributed by atoms with Gasteiger partial charge in [0.25, 0.3) is 0 Å². The molecular formula is C21H24O. The van der Waals surface area contributed by atoms with Crippen molar-refractivity contribution < 1.29 is 5.11 Å². The van der Waals surface area contributed by atoms with Crippen LogP contribution < -0.4 is 0 Å². The Bertz CT molecular complexity index is 612. The summed E-state index contributed by atoms with van der Waals surface area (Å²) in [4.78, 5) is 0. The second kappa shape index (κ2) is 7.24. The Morgan fingerprint density at radius 1 is 0.955 bits per heavy atom. The van der Waals surface area contributed by atoms with E-state index in [1.54, 1.807) is 6.08 Å². The fourth-order valence-electron chi connectivity index (χ4n) is 3.10. The number of hydrogen-bond acceptors (Lipinski definition) is 1. The van der Waals surface area contributed by atoms with Crippen LogP contribution in [0.5, 0.6) is 0 Å². The summed E-state index contributed by atoms with van der Waals surface area (Å²) in [6, 6.07) is 18.6. The first kappa shape index (κ1) is 16.3. The van der Waals surface area contributed by atoms with E-state index in [4.69, 9.17) is 0 Å². The Hall–Kier alpha value is -2.12. The lowest BCUT2D eigenvalue weighted by Crippen LogP contribution is -2.40. The smallest absolute Gasteiger partial charge is 0.0714 e. The molecule has 0 radical (unpaired) electrons. The third-order valence-corrected chi connectivity index (χ3v) is 4.28. The number of hydrogen-bond donors (Lipinski definition) is 1. The van der Waals surface area contributed by atoms with Gasteiger partial charge in [0.1, 0.15) is 0 Å². The van der Waals surface area contributed by atoms with Gasteiger partial charge in [0, 0.05) is 5.41 Å². The highest BCUT2D eigenvalue weighted by Crippen LogP contribution is 2.40. The lowest BCUT2D eigenvalue weighted by Gasteiger charge is -2.38. The van der Waals surface area contributed by atoms with E-state index < -0.39 is 11.5 Å². The summed E-state index contributed by atoms with van der Waals surface area (Å²) in [5.41, 5.74) is 2.93. The molecule has 0 spiro atoms. The van der Waals surface area contributed by atoms with Crippen molar-refractivity contribution >= 4 is 0 Å². The summed E-state index contributed by atoms with van der Waals surface area (Å²) < 4.78 is 0. The number of aryl methyl sites for hydroxylation is 1. The van der Waals surface area contributed by atoms with Gasteiger partial charge in [-0.2, -0.15) is 0 Å². The zero-order valence-corrected chi connectivity index (χ0v) is 13.2. The third-order valence-electron chi connectivity index (χ3n) is 4.28. The molecule has 2 aromatic rings. The van der Waals surface area contributed by atoms with Crippen molar-refractivity contribution in [3.05, 3.63) is 96.6 Å². The molecular weight excluding hydrogens is 268 g/mol. The normalized spacial score (nSPS) is 14.8. The highest BCUT2D eigenvalue weighted by atomic mass is 16.3. The SMILES string of the molecule is C=CCC(O)C(CC=C)(c1ccccc1)c1ccc(C)cc1. The van der Waals surface area contributed by atoms with Crippen molar-refractivity contribution in [2.24, 2.45) is 0 Å². The van der Waals surface area contributed by atoms with E-state index >= 15 is 0 Å². The first-order chi connectivity index (χ1) is 10.6. The molecule has 1 heteroatoms. The molecule has 1 nitrogen and oxygen atoms in total. The second-order valence-electron chi connectivity index (χ2n) is 5.74. The molecule has 0 aromatic heterocycles. The lowest BCUT2D eigenvalue weighted by molar-refractivity contribution is 0.105. The Kier molecular flexibility index (Phi) is 5.35. The summed E-state index contributed by atoms with van der Waals surface area (Å²) in [6.45, 7) is 9.78. The molecule has 0 heterocycles. The average molecular weight is 292 g/mol. The van der Waals surface area contributed by atoms with Crippen LogP contribution in [0, 0.1) is 6.92 Å². The maximum Gasteiger partial charge on any atom is 0.0714 e. The minimum absolute atomic E-state index is 0.495.